The van der Waals surface area contributed by atoms with Gasteiger partial charge in [-0.2, -0.15) is 0 Å². The SMILES string of the molecule is C=C1CC(=O)N(C2CCCc3ccccc32)C1. The lowest BCUT2D eigenvalue weighted by Gasteiger charge is -2.33. The average Bonchev–Trinajstić information content (AvgIpc) is 2.68. The topological polar surface area (TPSA) is 20.3 Å². The highest BCUT2D eigenvalue weighted by molar-refractivity contribution is 5.82. The number of rotatable bonds is 1. The smallest absolute Gasteiger partial charge is 0.227 e. The first-order valence-corrected chi connectivity index (χ1v) is 6.29. The van der Waals surface area contributed by atoms with Crippen LogP contribution in [0.25, 0.3) is 0 Å². The van der Waals surface area contributed by atoms with E-state index >= 15 is 0 Å². The second-order valence-corrected chi connectivity index (χ2v) is 5.06. The van der Waals surface area contributed by atoms with Gasteiger partial charge in [-0.1, -0.05) is 30.8 Å². The lowest BCUT2D eigenvalue weighted by atomic mass is 9.87. The van der Waals surface area contributed by atoms with E-state index in [4.69, 9.17) is 0 Å². The molecule has 0 N–H and O–H groups in total. The van der Waals surface area contributed by atoms with Crippen LogP contribution < -0.4 is 0 Å². The number of amides is 1. The van der Waals surface area contributed by atoms with Crippen LogP contribution in [0.15, 0.2) is 36.4 Å². The lowest BCUT2D eigenvalue weighted by molar-refractivity contribution is -0.130. The number of benzene rings is 1. The van der Waals surface area contributed by atoms with E-state index in [1.165, 1.54) is 17.5 Å². The molecule has 1 aromatic carbocycles. The molecule has 2 heteroatoms. The van der Waals surface area contributed by atoms with E-state index in [0.717, 1.165) is 25.0 Å². The molecule has 1 aliphatic carbocycles. The standard InChI is InChI=1S/C15H17NO/c1-11-9-15(17)16(10-11)14-8-4-6-12-5-2-3-7-13(12)14/h2-3,5,7,14H,1,4,6,8-10H2. The Kier molecular flexibility index (Phi) is 2.50. The Hall–Kier alpha value is -1.57. The summed E-state index contributed by atoms with van der Waals surface area (Å²) in [4.78, 5) is 14.0. The van der Waals surface area contributed by atoms with E-state index in [-0.39, 0.29) is 11.9 Å². The van der Waals surface area contributed by atoms with Crippen LogP contribution in [-0.2, 0) is 11.2 Å². The second kappa shape index (κ2) is 4.02. The highest BCUT2D eigenvalue weighted by Gasteiger charge is 2.33. The van der Waals surface area contributed by atoms with Gasteiger partial charge in [0.25, 0.3) is 0 Å². The van der Waals surface area contributed by atoms with E-state index in [9.17, 15) is 4.79 Å². The molecule has 0 saturated carbocycles. The number of carbonyl (C=O) groups excluding carboxylic acids is 1. The maximum Gasteiger partial charge on any atom is 0.227 e. The number of nitrogens with zero attached hydrogens (tertiary/aromatic N) is 1. The second-order valence-electron chi connectivity index (χ2n) is 5.06. The van der Waals surface area contributed by atoms with Crippen molar-refractivity contribution < 1.29 is 4.79 Å². The molecule has 1 heterocycles. The molecule has 0 bridgehead atoms. The zero-order valence-electron chi connectivity index (χ0n) is 9.98. The van der Waals surface area contributed by atoms with Gasteiger partial charge in [-0.15, -0.1) is 0 Å². The fourth-order valence-electron chi connectivity index (χ4n) is 3.04. The third-order valence-corrected chi connectivity index (χ3v) is 3.83. The number of carbonyl (C=O) groups is 1. The number of hydrogen-bond acceptors (Lipinski definition) is 1. The van der Waals surface area contributed by atoms with Crippen LogP contribution in [-0.4, -0.2) is 17.4 Å². The van der Waals surface area contributed by atoms with Crippen molar-refractivity contribution in [2.45, 2.75) is 31.7 Å². The Balaban J connectivity index is 1.95. The van der Waals surface area contributed by atoms with Crippen molar-refractivity contribution in [2.75, 3.05) is 6.54 Å². The van der Waals surface area contributed by atoms with Crippen molar-refractivity contribution in [3.8, 4) is 0 Å². The summed E-state index contributed by atoms with van der Waals surface area (Å²) in [7, 11) is 0. The van der Waals surface area contributed by atoms with Crippen molar-refractivity contribution in [1.29, 1.82) is 0 Å². The summed E-state index contributed by atoms with van der Waals surface area (Å²) in [6.45, 7) is 4.69. The molecule has 1 fully saturated rings. The Morgan fingerprint density at radius 2 is 2.12 bits per heavy atom. The van der Waals surface area contributed by atoms with Crippen LogP contribution in [0.4, 0.5) is 0 Å². The van der Waals surface area contributed by atoms with Gasteiger partial charge in [-0.3, -0.25) is 4.79 Å². The molecular weight excluding hydrogens is 210 g/mol. The Morgan fingerprint density at radius 1 is 1.29 bits per heavy atom. The molecule has 1 aliphatic heterocycles. The fraction of sp³-hybridized carbons (Fsp3) is 0.400. The third kappa shape index (κ3) is 1.78. The van der Waals surface area contributed by atoms with Gasteiger partial charge in [-0.05, 0) is 36.0 Å². The number of likely N-dealkylation sites (tertiary alicyclic amines) is 1. The monoisotopic (exact) mass is 227 g/mol. The van der Waals surface area contributed by atoms with Gasteiger partial charge < -0.3 is 4.90 Å². The van der Waals surface area contributed by atoms with E-state index in [2.05, 4.69) is 30.8 Å². The lowest BCUT2D eigenvalue weighted by Crippen LogP contribution is -2.32. The zero-order valence-corrected chi connectivity index (χ0v) is 9.98. The van der Waals surface area contributed by atoms with Crippen LogP contribution in [0.5, 0.6) is 0 Å². The minimum absolute atomic E-state index is 0.247. The Labute approximate surface area is 102 Å². The summed E-state index contributed by atoms with van der Waals surface area (Å²) in [6, 6.07) is 8.81. The molecule has 2 nitrogen and oxygen atoms in total. The first kappa shape index (κ1) is 10.6. The van der Waals surface area contributed by atoms with Crippen molar-refractivity contribution in [3.05, 3.63) is 47.5 Å². The fourth-order valence-corrected chi connectivity index (χ4v) is 3.04. The van der Waals surface area contributed by atoms with E-state index in [1.54, 1.807) is 0 Å². The van der Waals surface area contributed by atoms with E-state index in [0.29, 0.717) is 6.42 Å². The quantitative estimate of drug-likeness (QED) is 0.676. The van der Waals surface area contributed by atoms with Crippen LogP contribution in [0.3, 0.4) is 0 Å². The molecule has 17 heavy (non-hydrogen) atoms. The van der Waals surface area contributed by atoms with Gasteiger partial charge in [0.05, 0.1) is 6.04 Å². The molecule has 88 valence electrons. The summed E-state index contributed by atoms with van der Waals surface area (Å²) in [6.07, 6.45) is 3.96. The maximum absolute atomic E-state index is 12.0. The summed E-state index contributed by atoms with van der Waals surface area (Å²) in [5.74, 6) is 0.247. The predicted molar refractivity (Wildman–Crippen MR) is 67.6 cm³/mol. The van der Waals surface area contributed by atoms with Crippen LogP contribution in [0.1, 0.15) is 36.4 Å². The van der Waals surface area contributed by atoms with Crippen molar-refractivity contribution in [3.63, 3.8) is 0 Å². The molecule has 1 saturated heterocycles. The summed E-state index contributed by atoms with van der Waals surface area (Å²) in [5.41, 5.74) is 3.81. The Bertz CT molecular complexity index is 478. The molecule has 0 spiro atoms. The molecule has 2 aliphatic rings. The molecule has 1 unspecified atom stereocenters. The minimum atomic E-state index is 0.247. The van der Waals surface area contributed by atoms with Crippen molar-refractivity contribution in [1.82, 2.24) is 4.90 Å². The van der Waals surface area contributed by atoms with E-state index < -0.39 is 0 Å². The first-order chi connectivity index (χ1) is 8.25. The molecular formula is C15H17NO. The number of aryl methyl sites for hydroxylation is 1. The normalized spacial score (nSPS) is 24.0. The van der Waals surface area contributed by atoms with Gasteiger partial charge >= 0.3 is 0 Å². The Morgan fingerprint density at radius 3 is 2.88 bits per heavy atom. The molecule has 0 radical (unpaired) electrons. The summed E-state index contributed by atoms with van der Waals surface area (Å²) < 4.78 is 0. The van der Waals surface area contributed by atoms with Gasteiger partial charge in [0, 0.05) is 13.0 Å². The van der Waals surface area contributed by atoms with Crippen molar-refractivity contribution >= 4 is 5.91 Å². The summed E-state index contributed by atoms with van der Waals surface area (Å²) >= 11 is 0. The molecule has 1 atom stereocenters. The highest BCUT2D eigenvalue weighted by atomic mass is 16.2. The molecule has 1 aromatic rings. The maximum atomic E-state index is 12.0. The van der Waals surface area contributed by atoms with Gasteiger partial charge in [-0.25, -0.2) is 0 Å². The van der Waals surface area contributed by atoms with Crippen LogP contribution >= 0.6 is 0 Å². The highest BCUT2D eigenvalue weighted by Crippen LogP contribution is 2.36. The summed E-state index contributed by atoms with van der Waals surface area (Å²) in [5, 5.41) is 0. The van der Waals surface area contributed by atoms with Crippen molar-refractivity contribution in [2.24, 2.45) is 0 Å². The van der Waals surface area contributed by atoms with Gasteiger partial charge in [0.2, 0.25) is 5.91 Å². The first-order valence-electron chi connectivity index (χ1n) is 6.29. The molecule has 1 amide bonds. The molecule has 3 rings (SSSR count). The van der Waals surface area contributed by atoms with E-state index in [1.807, 2.05) is 4.90 Å². The van der Waals surface area contributed by atoms with Gasteiger partial charge in [0.1, 0.15) is 0 Å². The number of fused-ring (bicyclic) bond motifs is 1. The zero-order chi connectivity index (χ0) is 11.8. The predicted octanol–water partition coefficient (Wildman–Crippen LogP) is 2.85. The van der Waals surface area contributed by atoms with Gasteiger partial charge in [0.15, 0.2) is 0 Å². The number of hydrogen-bond donors (Lipinski definition) is 0. The largest absolute Gasteiger partial charge is 0.331 e. The van der Waals surface area contributed by atoms with Crippen LogP contribution in [0.2, 0.25) is 0 Å². The molecule has 0 aromatic heterocycles. The average molecular weight is 227 g/mol. The third-order valence-electron chi connectivity index (χ3n) is 3.83. The van der Waals surface area contributed by atoms with Crippen LogP contribution in [0, 0.1) is 0 Å². The minimum Gasteiger partial charge on any atom is -0.331 e.